The number of nitrogens with zero attached hydrogens (tertiary/aromatic N) is 1. The Morgan fingerprint density at radius 3 is 2.54 bits per heavy atom. The number of aliphatic imine (C=N–C) groups is 1. The fourth-order valence-electron chi connectivity index (χ4n) is 2.31. The summed E-state index contributed by atoms with van der Waals surface area (Å²) in [4.78, 5) is 16.9. The molecule has 0 spiro atoms. The summed E-state index contributed by atoms with van der Waals surface area (Å²) < 4.78 is 5.27. The van der Waals surface area contributed by atoms with Crippen LogP contribution < -0.4 is 20.7 Å². The number of thiophene rings is 1. The van der Waals surface area contributed by atoms with Crippen LogP contribution in [0.2, 0.25) is 0 Å². The lowest BCUT2D eigenvalue weighted by molar-refractivity contribution is -0.114. The van der Waals surface area contributed by atoms with Crippen LogP contribution in [0.15, 0.2) is 34.6 Å². The molecule has 0 atom stereocenters. The van der Waals surface area contributed by atoms with Crippen LogP contribution in [0, 0.1) is 6.92 Å². The van der Waals surface area contributed by atoms with Crippen molar-refractivity contribution in [3.8, 4) is 5.75 Å². The molecule has 1 aromatic carbocycles. The Kier molecular flexibility index (Phi) is 9.42. The number of hydrogen-bond acceptors (Lipinski definition) is 4. The molecule has 0 saturated carbocycles. The molecular formula is C18H25IN4O2S. The van der Waals surface area contributed by atoms with Crippen LogP contribution in [-0.4, -0.2) is 26.0 Å². The number of hydrogen-bond donors (Lipinski definition) is 3. The summed E-state index contributed by atoms with van der Waals surface area (Å²) in [5, 5.41) is 11.4. The van der Waals surface area contributed by atoms with Gasteiger partial charge in [0.2, 0.25) is 5.91 Å². The third-order valence-electron chi connectivity index (χ3n) is 3.64. The molecule has 1 heterocycles. The van der Waals surface area contributed by atoms with Crippen LogP contribution >= 0.6 is 35.3 Å². The molecule has 142 valence electrons. The van der Waals surface area contributed by atoms with Gasteiger partial charge in [-0.05, 0) is 41.6 Å². The van der Waals surface area contributed by atoms with E-state index < -0.39 is 0 Å². The number of anilines is 1. The molecule has 8 heteroatoms. The lowest BCUT2D eigenvalue weighted by Crippen LogP contribution is -2.36. The molecular weight excluding hydrogens is 463 g/mol. The number of benzene rings is 1. The summed E-state index contributed by atoms with van der Waals surface area (Å²) in [7, 11) is 3.32. The van der Waals surface area contributed by atoms with Crippen molar-refractivity contribution < 1.29 is 9.53 Å². The average molecular weight is 488 g/mol. The average Bonchev–Trinajstić information content (AvgIpc) is 3.00. The molecule has 0 aliphatic carbocycles. The van der Waals surface area contributed by atoms with Crippen molar-refractivity contribution in [3.05, 3.63) is 45.6 Å². The summed E-state index contributed by atoms with van der Waals surface area (Å²) >= 11 is 1.73. The molecule has 2 rings (SSSR count). The van der Waals surface area contributed by atoms with Gasteiger partial charge in [0.25, 0.3) is 0 Å². The van der Waals surface area contributed by atoms with E-state index in [1.165, 1.54) is 17.4 Å². The van der Waals surface area contributed by atoms with E-state index in [4.69, 9.17) is 4.74 Å². The first-order chi connectivity index (χ1) is 12.0. The zero-order chi connectivity index (χ0) is 18.2. The number of carbonyl (C=O) groups is 1. The van der Waals surface area contributed by atoms with Gasteiger partial charge in [-0.1, -0.05) is 6.07 Å². The summed E-state index contributed by atoms with van der Waals surface area (Å²) in [6.45, 7) is 4.90. The standard InChI is InChI=1S/C18H24N4O2S.HI/c1-12-7-8-25-17(12)11-21-18(19-3)20-10-14-5-6-16(24-4)15(9-14)22-13(2)23;/h5-9H,10-11H2,1-4H3,(H,22,23)(H2,19,20,21);1H. The van der Waals surface area contributed by atoms with Crippen molar-refractivity contribution in [2.45, 2.75) is 26.9 Å². The molecule has 0 fully saturated rings. The molecule has 0 aliphatic rings. The van der Waals surface area contributed by atoms with Crippen molar-refractivity contribution in [2.75, 3.05) is 19.5 Å². The minimum absolute atomic E-state index is 0. The van der Waals surface area contributed by atoms with E-state index in [0.717, 1.165) is 18.1 Å². The van der Waals surface area contributed by atoms with Crippen LogP contribution in [0.25, 0.3) is 0 Å². The first kappa shape index (κ1) is 22.2. The highest BCUT2D eigenvalue weighted by molar-refractivity contribution is 14.0. The number of halogens is 1. The first-order valence-electron chi connectivity index (χ1n) is 7.95. The number of guanidine groups is 1. The van der Waals surface area contributed by atoms with Crippen molar-refractivity contribution in [1.29, 1.82) is 0 Å². The van der Waals surface area contributed by atoms with Crippen LogP contribution in [0.1, 0.15) is 22.9 Å². The number of methoxy groups -OCH3 is 1. The molecule has 2 aromatic rings. The molecule has 0 bridgehead atoms. The van der Waals surface area contributed by atoms with E-state index >= 15 is 0 Å². The third kappa shape index (κ3) is 6.49. The van der Waals surface area contributed by atoms with Crippen molar-refractivity contribution in [2.24, 2.45) is 4.99 Å². The van der Waals surface area contributed by atoms with Gasteiger partial charge in [-0.2, -0.15) is 0 Å². The second-order valence-corrected chi connectivity index (χ2v) is 6.52. The van der Waals surface area contributed by atoms with E-state index in [-0.39, 0.29) is 29.9 Å². The number of rotatable bonds is 6. The predicted molar refractivity (Wildman–Crippen MR) is 119 cm³/mol. The SMILES string of the molecule is CN=C(NCc1ccc(OC)c(NC(C)=O)c1)NCc1sccc1C.I. The largest absolute Gasteiger partial charge is 0.495 e. The Bertz CT molecular complexity index is 761. The van der Waals surface area contributed by atoms with E-state index in [9.17, 15) is 4.79 Å². The zero-order valence-corrected chi connectivity index (χ0v) is 18.5. The number of aryl methyl sites for hydroxylation is 1. The number of carbonyl (C=O) groups excluding carboxylic acids is 1. The van der Waals surface area contributed by atoms with Gasteiger partial charge in [0.05, 0.1) is 19.3 Å². The minimum Gasteiger partial charge on any atom is -0.495 e. The van der Waals surface area contributed by atoms with Gasteiger partial charge in [0.15, 0.2) is 5.96 Å². The van der Waals surface area contributed by atoms with Crippen LogP contribution in [0.4, 0.5) is 5.69 Å². The lowest BCUT2D eigenvalue weighted by atomic mass is 10.2. The third-order valence-corrected chi connectivity index (χ3v) is 4.67. The molecule has 6 nitrogen and oxygen atoms in total. The van der Waals surface area contributed by atoms with Crippen molar-refractivity contribution in [3.63, 3.8) is 0 Å². The van der Waals surface area contributed by atoms with Crippen LogP contribution in [-0.2, 0) is 17.9 Å². The molecule has 0 saturated heterocycles. The molecule has 26 heavy (non-hydrogen) atoms. The van der Waals surface area contributed by atoms with Gasteiger partial charge in [-0.25, -0.2) is 0 Å². The quantitative estimate of drug-likeness (QED) is 0.331. The highest BCUT2D eigenvalue weighted by atomic mass is 127. The van der Waals surface area contributed by atoms with Crippen molar-refractivity contribution >= 4 is 52.9 Å². The fourth-order valence-corrected chi connectivity index (χ4v) is 3.15. The van der Waals surface area contributed by atoms with Crippen LogP contribution in [0.3, 0.4) is 0 Å². The molecule has 0 unspecified atom stereocenters. The summed E-state index contributed by atoms with van der Waals surface area (Å²) in [6.07, 6.45) is 0. The zero-order valence-electron chi connectivity index (χ0n) is 15.4. The van der Waals surface area contributed by atoms with Gasteiger partial charge in [0.1, 0.15) is 5.75 Å². The smallest absolute Gasteiger partial charge is 0.221 e. The Balaban J connectivity index is 0.00000338. The maximum absolute atomic E-state index is 11.3. The van der Waals surface area contributed by atoms with E-state index in [1.807, 2.05) is 18.2 Å². The number of nitrogens with one attached hydrogen (secondary N) is 3. The predicted octanol–water partition coefficient (Wildman–Crippen LogP) is 3.51. The number of amides is 1. The van der Waals surface area contributed by atoms with Crippen LogP contribution in [0.5, 0.6) is 5.75 Å². The first-order valence-corrected chi connectivity index (χ1v) is 8.83. The van der Waals surface area contributed by atoms with Gasteiger partial charge in [-0.3, -0.25) is 9.79 Å². The summed E-state index contributed by atoms with van der Waals surface area (Å²) in [5.41, 5.74) is 2.95. The number of ether oxygens (including phenoxy) is 1. The van der Waals surface area contributed by atoms with Gasteiger partial charge in [-0.15, -0.1) is 35.3 Å². The Morgan fingerprint density at radius 1 is 1.23 bits per heavy atom. The minimum atomic E-state index is -0.132. The normalized spacial score (nSPS) is 10.7. The van der Waals surface area contributed by atoms with Gasteiger partial charge < -0.3 is 20.7 Å². The Hall–Kier alpha value is -1.81. The second kappa shape index (κ2) is 11.0. The highest BCUT2D eigenvalue weighted by Gasteiger charge is 2.07. The molecule has 3 N–H and O–H groups in total. The maximum Gasteiger partial charge on any atom is 0.221 e. The molecule has 0 radical (unpaired) electrons. The van der Waals surface area contributed by atoms with E-state index in [2.05, 4.69) is 39.3 Å². The lowest BCUT2D eigenvalue weighted by Gasteiger charge is -2.14. The van der Waals surface area contributed by atoms with Gasteiger partial charge in [0, 0.05) is 25.4 Å². The summed E-state index contributed by atoms with van der Waals surface area (Å²) in [5.74, 6) is 1.23. The van der Waals surface area contributed by atoms with E-state index in [0.29, 0.717) is 18.0 Å². The maximum atomic E-state index is 11.3. The molecule has 1 amide bonds. The highest BCUT2D eigenvalue weighted by Crippen LogP contribution is 2.25. The summed E-state index contributed by atoms with van der Waals surface area (Å²) in [6, 6.07) is 7.80. The topological polar surface area (TPSA) is 74.8 Å². The molecule has 1 aromatic heterocycles. The van der Waals surface area contributed by atoms with Crippen molar-refractivity contribution in [1.82, 2.24) is 10.6 Å². The Labute approximate surface area is 175 Å². The van der Waals surface area contributed by atoms with Gasteiger partial charge >= 0.3 is 0 Å². The Morgan fingerprint density at radius 2 is 1.96 bits per heavy atom. The second-order valence-electron chi connectivity index (χ2n) is 5.52. The fraction of sp³-hybridized carbons (Fsp3) is 0.333. The van der Waals surface area contributed by atoms with E-state index in [1.54, 1.807) is 25.5 Å². The monoisotopic (exact) mass is 488 g/mol. The molecule has 0 aliphatic heterocycles.